The molecule has 23 heavy (non-hydrogen) atoms. The van der Waals surface area contributed by atoms with Gasteiger partial charge in [-0.2, -0.15) is 0 Å². The maximum absolute atomic E-state index is 12.4. The molecule has 0 fully saturated rings. The fourth-order valence-electron chi connectivity index (χ4n) is 2.35. The minimum Gasteiger partial charge on any atom is -0.503 e. The molecule has 1 unspecified atom stereocenters. The van der Waals surface area contributed by atoms with Crippen molar-refractivity contribution < 1.29 is 29.6 Å². The summed E-state index contributed by atoms with van der Waals surface area (Å²) >= 11 is 0. The number of hydrogen-bond acceptors (Lipinski definition) is 6. The first-order valence-electron chi connectivity index (χ1n) is 7.04. The van der Waals surface area contributed by atoms with Gasteiger partial charge in [0.1, 0.15) is 11.8 Å². The summed E-state index contributed by atoms with van der Waals surface area (Å²) in [5.74, 6) is -3.21. The second kappa shape index (κ2) is 6.39. The zero-order valence-corrected chi connectivity index (χ0v) is 12.7. The van der Waals surface area contributed by atoms with Crippen molar-refractivity contribution >= 4 is 11.9 Å². The van der Waals surface area contributed by atoms with E-state index in [0.29, 0.717) is 0 Å². The van der Waals surface area contributed by atoms with Crippen LogP contribution >= 0.6 is 0 Å². The van der Waals surface area contributed by atoms with Gasteiger partial charge < -0.3 is 29.5 Å². The van der Waals surface area contributed by atoms with Gasteiger partial charge in [-0.1, -0.05) is 0 Å². The Labute approximate surface area is 131 Å². The summed E-state index contributed by atoms with van der Waals surface area (Å²) in [5, 5.41) is 28.9. The van der Waals surface area contributed by atoms with E-state index in [1.165, 1.54) is 0 Å². The van der Waals surface area contributed by atoms with E-state index in [9.17, 15) is 24.6 Å². The number of nitrogens with zero attached hydrogens (tertiary/aromatic N) is 2. The van der Waals surface area contributed by atoms with E-state index in [1.54, 1.807) is 0 Å². The van der Waals surface area contributed by atoms with E-state index in [-0.39, 0.29) is 31.5 Å². The van der Waals surface area contributed by atoms with Gasteiger partial charge in [-0.3, -0.25) is 9.59 Å². The van der Waals surface area contributed by atoms with Gasteiger partial charge in [0, 0.05) is 12.7 Å². The molecular formula is C14H18N2O7. The molecule has 9 nitrogen and oxygen atoms in total. The molecule has 0 saturated heterocycles. The Hall–Kier alpha value is -2.39. The molecule has 1 aliphatic heterocycles. The van der Waals surface area contributed by atoms with Gasteiger partial charge in [-0.25, -0.2) is 4.79 Å². The quantitative estimate of drug-likeness (QED) is 0.662. The van der Waals surface area contributed by atoms with Gasteiger partial charge in [-0.15, -0.1) is 0 Å². The van der Waals surface area contributed by atoms with Gasteiger partial charge in [0.2, 0.25) is 5.43 Å². The third-order valence-corrected chi connectivity index (χ3v) is 3.45. The van der Waals surface area contributed by atoms with E-state index in [0.717, 1.165) is 15.7 Å². The second-order valence-corrected chi connectivity index (χ2v) is 5.43. The van der Waals surface area contributed by atoms with Crippen LogP contribution in [0.15, 0.2) is 11.0 Å². The molecule has 0 aliphatic carbocycles. The number of carbonyl (C=O) groups excluding carboxylic acids is 1. The molecule has 0 spiro atoms. The largest absolute Gasteiger partial charge is 0.503 e. The molecule has 1 atom stereocenters. The molecule has 3 N–H and O–H groups in total. The second-order valence-electron chi connectivity index (χ2n) is 5.43. The Kier molecular flexibility index (Phi) is 4.71. The average molecular weight is 326 g/mol. The number of aromatic carboxylic acids is 1. The Morgan fingerprint density at radius 3 is 2.65 bits per heavy atom. The number of ether oxygens (including phenoxy) is 1. The third-order valence-electron chi connectivity index (χ3n) is 3.45. The van der Waals surface area contributed by atoms with E-state index in [2.05, 4.69) is 0 Å². The number of amides is 1. The lowest BCUT2D eigenvalue weighted by molar-refractivity contribution is -0.0293. The van der Waals surface area contributed by atoms with E-state index in [4.69, 9.17) is 9.84 Å². The predicted molar refractivity (Wildman–Crippen MR) is 77.5 cm³/mol. The first-order chi connectivity index (χ1) is 10.7. The molecule has 9 heteroatoms. The standard InChI is InChI=1S/C14H18N2O7/c1-7(2)23-4-3-16-9(17)6-15-5-8(14(21)22)11(18)12(19)10(15)13(16)20/h5,7,9,17,19H,3-4,6H2,1-2H3,(H,21,22). The molecule has 1 aromatic heterocycles. The lowest BCUT2D eigenvalue weighted by Gasteiger charge is -2.34. The summed E-state index contributed by atoms with van der Waals surface area (Å²) in [7, 11) is 0. The fourth-order valence-corrected chi connectivity index (χ4v) is 2.35. The maximum atomic E-state index is 12.4. The number of aliphatic hydroxyl groups is 1. The van der Waals surface area contributed by atoms with Crippen molar-refractivity contribution in [2.45, 2.75) is 32.7 Å². The topological polar surface area (TPSA) is 129 Å². The van der Waals surface area contributed by atoms with Crippen LogP contribution in [-0.4, -0.2) is 62.1 Å². The fraction of sp³-hybridized carbons (Fsp3) is 0.500. The van der Waals surface area contributed by atoms with Gasteiger partial charge >= 0.3 is 5.97 Å². The number of hydrogen-bond donors (Lipinski definition) is 3. The lowest BCUT2D eigenvalue weighted by Crippen LogP contribution is -2.50. The zero-order chi connectivity index (χ0) is 17.3. The molecule has 0 radical (unpaired) electrons. The van der Waals surface area contributed by atoms with Gasteiger partial charge in [-0.05, 0) is 13.8 Å². The van der Waals surface area contributed by atoms with E-state index >= 15 is 0 Å². The summed E-state index contributed by atoms with van der Waals surface area (Å²) in [6, 6.07) is 0. The van der Waals surface area contributed by atoms with Crippen molar-refractivity contribution in [1.82, 2.24) is 9.47 Å². The number of aliphatic hydroxyl groups excluding tert-OH is 1. The van der Waals surface area contributed by atoms with Crippen LogP contribution in [-0.2, 0) is 11.3 Å². The van der Waals surface area contributed by atoms with Crippen LogP contribution in [0.25, 0.3) is 0 Å². The normalized spacial score (nSPS) is 17.5. The van der Waals surface area contributed by atoms with Gasteiger partial charge in [0.05, 0.1) is 19.3 Å². The van der Waals surface area contributed by atoms with Crippen molar-refractivity contribution in [3.05, 3.63) is 27.7 Å². The molecule has 2 heterocycles. The summed E-state index contributed by atoms with van der Waals surface area (Å²) in [5.41, 5.74) is -2.13. The smallest absolute Gasteiger partial charge is 0.341 e. The molecule has 0 aromatic carbocycles. The molecule has 126 valence electrons. The SMILES string of the molecule is CC(C)OCCN1C(=O)c2c(O)c(=O)c(C(=O)O)cn2CC1O. The Morgan fingerprint density at radius 2 is 2.09 bits per heavy atom. The van der Waals surface area contributed by atoms with Gasteiger partial charge in [0.15, 0.2) is 11.4 Å². The van der Waals surface area contributed by atoms with Crippen LogP contribution in [0.5, 0.6) is 5.75 Å². The minimum atomic E-state index is -1.52. The lowest BCUT2D eigenvalue weighted by atomic mass is 10.1. The molecule has 0 bridgehead atoms. The highest BCUT2D eigenvalue weighted by molar-refractivity contribution is 5.97. The summed E-state index contributed by atoms with van der Waals surface area (Å²) < 4.78 is 6.40. The van der Waals surface area contributed by atoms with Crippen LogP contribution in [0, 0.1) is 0 Å². The first kappa shape index (κ1) is 17.0. The molecule has 0 saturated carbocycles. The number of carboxylic acids is 1. The van der Waals surface area contributed by atoms with Crippen LogP contribution in [0.1, 0.15) is 34.7 Å². The maximum Gasteiger partial charge on any atom is 0.341 e. The van der Waals surface area contributed by atoms with Crippen molar-refractivity contribution in [2.24, 2.45) is 0 Å². The average Bonchev–Trinajstić information content (AvgIpc) is 2.45. The highest BCUT2D eigenvalue weighted by atomic mass is 16.5. The number of carbonyl (C=O) groups is 2. The molecular weight excluding hydrogens is 308 g/mol. The summed E-state index contributed by atoms with van der Waals surface area (Å²) in [6.45, 7) is 3.74. The molecule has 1 aliphatic rings. The van der Waals surface area contributed by atoms with Gasteiger partial charge in [0.25, 0.3) is 5.91 Å². The number of aromatic hydroxyl groups is 1. The monoisotopic (exact) mass is 326 g/mol. The highest BCUT2D eigenvalue weighted by Crippen LogP contribution is 2.22. The van der Waals surface area contributed by atoms with Crippen LogP contribution in [0.3, 0.4) is 0 Å². The Morgan fingerprint density at radius 1 is 1.43 bits per heavy atom. The van der Waals surface area contributed by atoms with E-state index in [1.807, 2.05) is 13.8 Å². The minimum absolute atomic E-state index is 0.0477. The van der Waals surface area contributed by atoms with Crippen molar-refractivity contribution in [3.63, 3.8) is 0 Å². The van der Waals surface area contributed by atoms with Crippen LogP contribution < -0.4 is 5.43 Å². The third kappa shape index (κ3) is 3.20. The Balaban J connectivity index is 2.37. The number of rotatable bonds is 5. The highest BCUT2D eigenvalue weighted by Gasteiger charge is 2.35. The summed E-state index contributed by atoms with van der Waals surface area (Å²) in [4.78, 5) is 36.3. The van der Waals surface area contributed by atoms with Crippen molar-refractivity contribution in [3.8, 4) is 5.75 Å². The number of pyridine rings is 1. The van der Waals surface area contributed by atoms with E-state index < -0.39 is 34.8 Å². The van der Waals surface area contributed by atoms with Crippen molar-refractivity contribution in [1.29, 1.82) is 0 Å². The number of carboxylic acid groups (broad SMARTS) is 1. The van der Waals surface area contributed by atoms with Crippen LogP contribution in [0.4, 0.5) is 0 Å². The zero-order valence-electron chi connectivity index (χ0n) is 12.7. The Bertz CT molecular complexity index is 695. The van der Waals surface area contributed by atoms with Crippen molar-refractivity contribution in [2.75, 3.05) is 13.2 Å². The summed E-state index contributed by atoms with van der Waals surface area (Å²) in [6.07, 6.45) is -0.314. The predicted octanol–water partition coefficient (Wildman–Crippen LogP) is -0.549. The first-order valence-corrected chi connectivity index (χ1v) is 7.04. The number of aromatic nitrogens is 1. The number of fused-ring (bicyclic) bond motifs is 1. The molecule has 1 aromatic rings. The molecule has 1 amide bonds. The molecule has 2 rings (SSSR count). The van der Waals surface area contributed by atoms with Crippen LogP contribution in [0.2, 0.25) is 0 Å².